The van der Waals surface area contributed by atoms with E-state index < -0.39 is 0 Å². The molecule has 0 amide bonds. The molecule has 7 heavy (non-hydrogen) atoms. The second-order valence-electron chi connectivity index (χ2n) is 1.57. The van der Waals surface area contributed by atoms with E-state index in [-0.39, 0.29) is 0 Å². The monoisotopic (exact) mass is 98.1 g/mol. The summed E-state index contributed by atoms with van der Waals surface area (Å²) in [5, 5.41) is 6.80. The summed E-state index contributed by atoms with van der Waals surface area (Å²) in [5.74, 6) is 0.403. The van der Waals surface area contributed by atoms with Crippen molar-refractivity contribution in [2.24, 2.45) is 5.92 Å². The molecule has 0 saturated carbocycles. The van der Waals surface area contributed by atoms with Crippen molar-refractivity contribution in [3.8, 4) is 0 Å². The molecule has 1 unspecified atom stereocenters. The van der Waals surface area contributed by atoms with Crippen LogP contribution in [-0.4, -0.2) is 6.21 Å². The van der Waals surface area contributed by atoms with Crippen LogP contribution in [0.25, 0.3) is 0 Å². The molecule has 0 aliphatic heterocycles. The molecular formula is C6H12N. The highest BCUT2D eigenvalue weighted by molar-refractivity contribution is 5.58. The molecule has 0 aliphatic carbocycles. The highest BCUT2D eigenvalue weighted by Gasteiger charge is 1.94. The molecule has 41 valence electrons. The Labute approximate surface area is 45.2 Å². The van der Waals surface area contributed by atoms with Gasteiger partial charge in [0.1, 0.15) is 0 Å². The van der Waals surface area contributed by atoms with Crippen LogP contribution in [0.1, 0.15) is 20.3 Å². The third-order valence-corrected chi connectivity index (χ3v) is 1.11. The van der Waals surface area contributed by atoms with Gasteiger partial charge >= 0.3 is 0 Å². The maximum absolute atomic E-state index is 6.80. The van der Waals surface area contributed by atoms with Crippen LogP contribution in [0.3, 0.4) is 0 Å². The minimum Gasteiger partial charge on any atom is -0.313 e. The molecule has 0 aromatic heterocycles. The number of rotatable bonds is 3. The molecule has 1 radical (unpaired) electrons. The summed E-state index contributed by atoms with van der Waals surface area (Å²) in [6, 6.07) is 0. The zero-order valence-corrected chi connectivity index (χ0v) is 4.94. The molecule has 0 spiro atoms. The third kappa shape index (κ3) is 2.38. The first kappa shape index (κ1) is 6.67. The summed E-state index contributed by atoms with van der Waals surface area (Å²) >= 11 is 0. The zero-order valence-electron chi connectivity index (χ0n) is 4.94. The van der Waals surface area contributed by atoms with Gasteiger partial charge in [0.05, 0.1) is 0 Å². The highest BCUT2D eigenvalue weighted by Crippen LogP contribution is 2.00. The SMILES string of the molecule is C[CH]C(C=N)CC. The van der Waals surface area contributed by atoms with Gasteiger partial charge in [-0.3, -0.25) is 0 Å². The van der Waals surface area contributed by atoms with Crippen molar-refractivity contribution in [1.29, 1.82) is 5.41 Å². The fourth-order valence-corrected chi connectivity index (χ4v) is 0.450. The van der Waals surface area contributed by atoms with Gasteiger partial charge < -0.3 is 5.41 Å². The van der Waals surface area contributed by atoms with Gasteiger partial charge in [-0.2, -0.15) is 0 Å². The van der Waals surface area contributed by atoms with Gasteiger partial charge in [-0.05, 0) is 25.0 Å². The lowest BCUT2D eigenvalue weighted by Gasteiger charge is -1.99. The van der Waals surface area contributed by atoms with Gasteiger partial charge in [0.2, 0.25) is 0 Å². The zero-order chi connectivity index (χ0) is 5.70. The lowest BCUT2D eigenvalue weighted by atomic mass is 10.1. The predicted octanol–water partition coefficient (Wildman–Crippen LogP) is 1.89. The van der Waals surface area contributed by atoms with E-state index in [2.05, 4.69) is 6.92 Å². The van der Waals surface area contributed by atoms with Crippen molar-refractivity contribution >= 4 is 6.21 Å². The van der Waals surface area contributed by atoms with Crippen molar-refractivity contribution in [1.82, 2.24) is 0 Å². The Morgan fingerprint density at radius 1 is 1.71 bits per heavy atom. The van der Waals surface area contributed by atoms with Crippen molar-refractivity contribution in [3.05, 3.63) is 6.42 Å². The van der Waals surface area contributed by atoms with E-state index in [1.807, 2.05) is 13.3 Å². The maximum atomic E-state index is 6.80. The van der Waals surface area contributed by atoms with Crippen molar-refractivity contribution in [2.45, 2.75) is 20.3 Å². The molecule has 0 aliphatic rings. The van der Waals surface area contributed by atoms with Crippen LogP contribution < -0.4 is 0 Å². The Hall–Kier alpha value is -0.330. The third-order valence-electron chi connectivity index (χ3n) is 1.11. The smallest absolute Gasteiger partial charge is 0.00141 e. The van der Waals surface area contributed by atoms with E-state index in [4.69, 9.17) is 5.41 Å². The van der Waals surface area contributed by atoms with E-state index >= 15 is 0 Å². The second-order valence-corrected chi connectivity index (χ2v) is 1.57. The van der Waals surface area contributed by atoms with Crippen LogP contribution in [0.5, 0.6) is 0 Å². The largest absolute Gasteiger partial charge is 0.313 e. The Kier molecular flexibility index (Phi) is 3.67. The van der Waals surface area contributed by atoms with Crippen molar-refractivity contribution in [3.63, 3.8) is 0 Å². The summed E-state index contributed by atoms with van der Waals surface area (Å²) in [5.41, 5.74) is 0. The molecule has 0 heterocycles. The molecule has 0 aromatic carbocycles. The molecule has 0 aromatic rings. The topological polar surface area (TPSA) is 23.9 Å². The molecule has 1 heteroatoms. The first-order chi connectivity index (χ1) is 3.35. The summed E-state index contributed by atoms with van der Waals surface area (Å²) in [6.45, 7) is 4.06. The average molecular weight is 98.2 g/mol. The maximum Gasteiger partial charge on any atom is -0.00141 e. The molecule has 1 atom stereocenters. The van der Waals surface area contributed by atoms with Gasteiger partial charge in [0.25, 0.3) is 0 Å². The molecule has 0 bridgehead atoms. The van der Waals surface area contributed by atoms with E-state index in [1.165, 1.54) is 6.21 Å². The average Bonchev–Trinajstić information content (AvgIpc) is 1.72. The standard InChI is InChI=1S/C6H12N/c1-3-6(4-2)5-7/h3,5-7H,4H2,1-2H3. The Morgan fingerprint density at radius 2 is 2.29 bits per heavy atom. The van der Waals surface area contributed by atoms with E-state index in [1.54, 1.807) is 0 Å². The van der Waals surface area contributed by atoms with Gasteiger partial charge in [-0.25, -0.2) is 0 Å². The molecule has 1 N–H and O–H groups in total. The Bertz CT molecular complexity index is 46.1. The quantitative estimate of drug-likeness (QED) is 0.521. The molecule has 0 fully saturated rings. The summed E-state index contributed by atoms with van der Waals surface area (Å²) < 4.78 is 0. The van der Waals surface area contributed by atoms with Crippen LogP contribution in [0.2, 0.25) is 0 Å². The first-order valence-electron chi connectivity index (χ1n) is 2.65. The van der Waals surface area contributed by atoms with Gasteiger partial charge in [0, 0.05) is 0 Å². The second kappa shape index (κ2) is 3.85. The minimum absolute atomic E-state index is 0.403. The van der Waals surface area contributed by atoms with Crippen LogP contribution in [0.15, 0.2) is 0 Å². The van der Waals surface area contributed by atoms with Crippen LogP contribution in [0.4, 0.5) is 0 Å². The van der Waals surface area contributed by atoms with Crippen LogP contribution in [0, 0.1) is 17.7 Å². The summed E-state index contributed by atoms with van der Waals surface area (Å²) in [4.78, 5) is 0. The number of hydrogen-bond donors (Lipinski definition) is 1. The van der Waals surface area contributed by atoms with Gasteiger partial charge in [-0.1, -0.05) is 13.8 Å². The van der Waals surface area contributed by atoms with Gasteiger partial charge in [-0.15, -0.1) is 0 Å². The van der Waals surface area contributed by atoms with Gasteiger partial charge in [0.15, 0.2) is 0 Å². The molecule has 1 nitrogen and oxygen atoms in total. The van der Waals surface area contributed by atoms with E-state index in [0.717, 1.165) is 6.42 Å². The Balaban J connectivity index is 3.16. The fourth-order valence-electron chi connectivity index (χ4n) is 0.450. The number of nitrogens with one attached hydrogen (secondary N) is 1. The lowest BCUT2D eigenvalue weighted by Crippen LogP contribution is -1.95. The van der Waals surface area contributed by atoms with Crippen LogP contribution >= 0.6 is 0 Å². The first-order valence-corrected chi connectivity index (χ1v) is 2.65. The normalized spacial score (nSPS) is 9.57. The Morgan fingerprint density at radius 3 is 2.29 bits per heavy atom. The van der Waals surface area contributed by atoms with Crippen LogP contribution in [-0.2, 0) is 0 Å². The summed E-state index contributed by atoms with van der Waals surface area (Å²) in [7, 11) is 0. The molecule has 0 rings (SSSR count). The minimum atomic E-state index is 0.403. The lowest BCUT2D eigenvalue weighted by molar-refractivity contribution is 0.772. The molecular weight excluding hydrogens is 86.1 g/mol. The molecule has 0 saturated heterocycles. The highest BCUT2D eigenvalue weighted by atomic mass is 14.3. The van der Waals surface area contributed by atoms with E-state index in [0.29, 0.717) is 5.92 Å². The predicted molar refractivity (Wildman–Crippen MR) is 32.5 cm³/mol. The van der Waals surface area contributed by atoms with Crippen molar-refractivity contribution < 1.29 is 0 Å². The van der Waals surface area contributed by atoms with E-state index in [9.17, 15) is 0 Å². The summed E-state index contributed by atoms with van der Waals surface area (Å²) in [6.07, 6.45) is 4.56. The fraction of sp³-hybridized carbons (Fsp3) is 0.667. The number of hydrogen-bond acceptors (Lipinski definition) is 1. The van der Waals surface area contributed by atoms with Crippen molar-refractivity contribution in [2.75, 3.05) is 0 Å².